The van der Waals surface area contributed by atoms with Crippen molar-refractivity contribution in [3.8, 4) is 11.6 Å². The van der Waals surface area contributed by atoms with Gasteiger partial charge in [0.2, 0.25) is 5.88 Å². The molecule has 2 aromatic rings. The first-order chi connectivity index (χ1) is 10.0. The molecule has 112 valence electrons. The molecule has 1 heterocycles. The molecular weight excluding hydrogens is 307 g/mol. The second kappa shape index (κ2) is 7.64. The van der Waals surface area contributed by atoms with E-state index in [2.05, 4.69) is 24.1 Å². The number of nitrogens with one attached hydrogen (secondary N) is 1. The van der Waals surface area contributed by atoms with Crippen LogP contribution in [0.5, 0.6) is 11.6 Å². The Bertz CT molecular complexity index is 582. The highest BCUT2D eigenvalue weighted by Crippen LogP contribution is 2.27. The summed E-state index contributed by atoms with van der Waals surface area (Å²) in [5.41, 5.74) is 1.12. The van der Waals surface area contributed by atoms with Gasteiger partial charge in [-0.15, -0.1) is 0 Å². The number of pyridine rings is 1. The lowest BCUT2D eigenvalue weighted by Gasteiger charge is -2.09. The van der Waals surface area contributed by atoms with E-state index in [-0.39, 0.29) is 0 Å². The van der Waals surface area contributed by atoms with Gasteiger partial charge < -0.3 is 10.1 Å². The van der Waals surface area contributed by atoms with E-state index in [9.17, 15) is 0 Å². The van der Waals surface area contributed by atoms with Crippen molar-refractivity contribution in [2.24, 2.45) is 5.92 Å². The van der Waals surface area contributed by atoms with Gasteiger partial charge in [-0.05, 0) is 42.3 Å². The molecule has 1 N–H and O–H groups in total. The summed E-state index contributed by atoms with van der Waals surface area (Å²) < 4.78 is 5.70. The quantitative estimate of drug-likeness (QED) is 0.818. The second-order valence-electron chi connectivity index (χ2n) is 5.23. The van der Waals surface area contributed by atoms with Crippen LogP contribution in [0.3, 0.4) is 0 Å². The standard InChI is InChI=1S/C16H18Cl2N2O/c1-11(2)9-19-10-12-3-4-20-16(5-12)21-15-7-13(17)6-14(18)8-15/h3-8,11,19H,9-10H2,1-2H3. The smallest absolute Gasteiger partial charge is 0.219 e. The van der Waals surface area contributed by atoms with Gasteiger partial charge in [-0.25, -0.2) is 4.98 Å². The minimum Gasteiger partial charge on any atom is -0.439 e. The second-order valence-corrected chi connectivity index (χ2v) is 6.11. The van der Waals surface area contributed by atoms with Gasteiger partial charge in [-0.1, -0.05) is 37.0 Å². The molecule has 0 fully saturated rings. The molecule has 0 saturated heterocycles. The third-order valence-electron chi connectivity index (χ3n) is 2.74. The maximum Gasteiger partial charge on any atom is 0.219 e. The van der Waals surface area contributed by atoms with Crippen molar-refractivity contribution in [3.63, 3.8) is 0 Å². The van der Waals surface area contributed by atoms with E-state index in [1.54, 1.807) is 24.4 Å². The third-order valence-corrected chi connectivity index (χ3v) is 3.18. The highest BCUT2D eigenvalue weighted by atomic mass is 35.5. The summed E-state index contributed by atoms with van der Waals surface area (Å²) in [7, 11) is 0. The van der Waals surface area contributed by atoms with E-state index < -0.39 is 0 Å². The predicted octanol–water partition coefficient (Wildman–Crippen LogP) is 4.93. The van der Waals surface area contributed by atoms with Crippen molar-refractivity contribution in [3.05, 3.63) is 52.1 Å². The Morgan fingerprint density at radius 1 is 1.14 bits per heavy atom. The molecule has 1 aromatic carbocycles. The van der Waals surface area contributed by atoms with Crippen molar-refractivity contribution < 1.29 is 4.74 Å². The molecule has 0 aliphatic carbocycles. The normalized spacial score (nSPS) is 10.9. The van der Waals surface area contributed by atoms with Gasteiger partial charge in [0.05, 0.1) is 0 Å². The van der Waals surface area contributed by atoms with Crippen molar-refractivity contribution >= 4 is 23.2 Å². The number of aromatic nitrogens is 1. The zero-order valence-electron chi connectivity index (χ0n) is 12.1. The number of ether oxygens (including phenoxy) is 1. The van der Waals surface area contributed by atoms with Crippen LogP contribution in [-0.2, 0) is 6.54 Å². The average molecular weight is 325 g/mol. The van der Waals surface area contributed by atoms with Crippen molar-refractivity contribution in [1.29, 1.82) is 0 Å². The fourth-order valence-corrected chi connectivity index (χ4v) is 2.34. The molecule has 0 atom stereocenters. The predicted molar refractivity (Wildman–Crippen MR) is 87.3 cm³/mol. The van der Waals surface area contributed by atoms with E-state index in [0.717, 1.165) is 18.7 Å². The SMILES string of the molecule is CC(C)CNCc1ccnc(Oc2cc(Cl)cc(Cl)c2)c1. The van der Waals surface area contributed by atoms with Crippen LogP contribution in [-0.4, -0.2) is 11.5 Å². The van der Waals surface area contributed by atoms with E-state index >= 15 is 0 Å². The maximum atomic E-state index is 5.95. The van der Waals surface area contributed by atoms with Crippen LogP contribution in [0.15, 0.2) is 36.5 Å². The topological polar surface area (TPSA) is 34.2 Å². The molecule has 0 radical (unpaired) electrons. The van der Waals surface area contributed by atoms with Gasteiger partial charge in [-0.3, -0.25) is 0 Å². The van der Waals surface area contributed by atoms with Gasteiger partial charge in [0.1, 0.15) is 5.75 Å². The molecule has 0 bridgehead atoms. The average Bonchev–Trinajstić information content (AvgIpc) is 2.37. The van der Waals surface area contributed by atoms with Gasteiger partial charge in [0, 0.05) is 28.9 Å². The summed E-state index contributed by atoms with van der Waals surface area (Å²) in [5.74, 6) is 1.72. The summed E-state index contributed by atoms with van der Waals surface area (Å²) in [4.78, 5) is 4.20. The van der Waals surface area contributed by atoms with Crippen molar-refractivity contribution in [2.45, 2.75) is 20.4 Å². The first kappa shape index (κ1) is 16.1. The third kappa shape index (κ3) is 5.54. The number of hydrogen-bond donors (Lipinski definition) is 1. The minimum absolute atomic E-state index is 0.525. The summed E-state index contributed by atoms with van der Waals surface area (Å²) in [6.07, 6.45) is 1.73. The maximum absolute atomic E-state index is 5.95. The van der Waals surface area contributed by atoms with Crippen LogP contribution < -0.4 is 10.1 Å². The van der Waals surface area contributed by atoms with Crippen LogP contribution >= 0.6 is 23.2 Å². The van der Waals surface area contributed by atoms with Gasteiger partial charge in [0.15, 0.2) is 0 Å². The highest BCUT2D eigenvalue weighted by molar-refractivity contribution is 6.34. The first-order valence-electron chi connectivity index (χ1n) is 6.82. The Kier molecular flexibility index (Phi) is 5.85. The van der Waals surface area contributed by atoms with Crippen LogP contribution in [0.1, 0.15) is 19.4 Å². The molecule has 0 unspecified atom stereocenters. The van der Waals surface area contributed by atoms with E-state index in [1.807, 2.05) is 12.1 Å². The number of hydrogen-bond acceptors (Lipinski definition) is 3. The fourth-order valence-electron chi connectivity index (χ4n) is 1.83. The molecule has 1 aromatic heterocycles. The molecule has 21 heavy (non-hydrogen) atoms. The Labute approximate surface area is 135 Å². The molecule has 0 spiro atoms. The van der Waals surface area contributed by atoms with Crippen molar-refractivity contribution in [2.75, 3.05) is 6.54 Å². The van der Waals surface area contributed by atoms with Gasteiger partial charge in [0.25, 0.3) is 0 Å². The molecule has 0 aliphatic rings. The van der Waals surface area contributed by atoms with Crippen molar-refractivity contribution in [1.82, 2.24) is 10.3 Å². The lowest BCUT2D eigenvalue weighted by atomic mass is 10.2. The molecule has 3 nitrogen and oxygen atoms in total. The number of benzene rings is 1. The molecule has 5 heteroatoms. The lowest BCUT2D eigenvalue weighted by Crippen LogP contribution is -2.18. The van der Waals surface area contributed by atoms with Gasteiger partial charge in [-0.2, -0.15) is 0 Å². The zero-order valence-corrected chi connectivity index (χ0v) is 13.6. The Morgan fingerprint density at radius 3 is 2.52 bits per heavy atom. The monoisotopic (exact) mass is 324 g/mol. The van der Waals surface area contributed by atoms with Crippen LogP contribution in [0.25, 0.3) is 0 Å². The summed E-state index contributed by atoms with van der Waals surface area (Å²) in [5, 5.41) is 4.45. The molecule has 2 rings (SSSR count). The van der Waals surface area contributed by atoms with E-state index in [4.69, 9.17) is 27.9 Å². The van der Waals surface area contributed by atoms with Crippen LogP contribution in [0.2, 0.25) is 10.0 Å². The molecule has 0 saturated carbocycles. The first-order valence-corrected chi connectivity index (χ1v) is 7.58. The zero-order chi connectivity index (χ0) is 15.2. The van der Waals surface area contributed by atoms with Crippen LogP contribution in [0.4, 0.5) is 0 Å². The lowest BCUT2D eigenvalue weighted by molar-refractivity contribution is 0.461. The summed E-state index contributed by atoms with van der Waals surface area (Å²) in [6, 6.07) is 8.94. The molecular formula is C16H18Cl2N2O. The molecule has 0 amide bonds. The highest BCUT2D eigenvalue weighted by Gasteiger charge is 2.04. The minimum atomic E-state index is 0.525. The molecule has 0 aliphatic heterocycles. The Balaban J connectivity index is 2.03. The van der Waals surface area contributed by atoms with E-state index in [1.165, 1.54) is 0 Å². The summed E-state index contributed by atoms with van der Waals surface area (Å²) in [6.45, 7) is 6.11. The summed E-state index contributed by atoms with van der Waals surface area (Å²) >= 11 is 11.9. The Hall–Kier alpha value is -1.29. The Morgan fingerprint density at radius 2 is 1.86 bits per heavy atom. The number of rotatable bonds is 6. The van der Waals surface area contributed by atoms with E-state index in [0.29, 0.717) is 27.6 Å². The number of halogens is 2. The van der Waals surface area contributed by atoms with Gasteiger partial charge >= 0.3 is 0 Å². The largest absolute Gasteiger partial charge is 0.439 e. The number of nitrogens with zero attached hydrogens (tertiary/aromatic N) is 1. The fraction of sp³-hybridized carbons (Fsp3) is 0.312. The van der Waals surface area contributed by atoms with Crippen LogP contribution in [0, 0.1) is 5.92 Å².